The van der Waals surface area contributed by atoms with Crippen molar-refractivity contribution in [2.75, 3.05) is 37.4 Å². The summed E-state index contributed by atoms with van der Waals surface area (Å²) in [6.45, 7) is 4.71. The van der Waals surface area contributed by atoms with Crippen LogP contribution in [0.4, 0.5) is 17.3 Å². The minimum absolute atomic E-state index is 0.0105. The Hall–Kier alpha value is -4.27. The van der Waals surface area contributed by atoms with E-state index in [4.69, 9.17) is 16.7 Å². The molecule has 2 heterocycles. The van der Waals surface area contributed by atoms with Crippen LogP contribution in [-0.2, 0) is 13.1 Å². The summed E-state index contributed by atoms with van der Waals surface area (Å²) in [5.41, 5.74) is 5.09. The van der Waals surface area contributed by atoms with E-state index < -0.39 is 0 Å². The van der Waals surface area contributed by atoms with Gasteiger partial charge in [0.1, 0.15) is 0 Å². The number of amides is 1. The van der Waals surface area contributed by atoms with E-state index in [1.54, 1.807) is 47.7 Å². The second kappa shape index (κ2) is 14.2. The lowest BCUT2D eigenvalue weighted by molar-refractivity contribution is 0.102. The molecule has 10 nitrogen and oxygen atoms in total. The summed E-state index contributed by atoms with van der Waals surface area (Å²) in [6.07, 6.45) is 6.63. The van der Waals surface area contributed by atoms with Crippen molar-refractivity contribution >= 4 is 34.8 Å². The maximum atomic E-state index is 13.0. The molecule has 5 N–H and O–H groups in total. The Morgan fingerprint density at radius 1 is 1.05 bits per heavy atom. The van der Waals surface area contributed by atoms with Crippen molar-refractivity contribution in [2.45, 2.75) is 20.0 Å². The standard InChI is InChI=1S/C29H31ClN8O2/c1-20-3-5-23(28(40)36-25-8-7-24(27(30)14-25)17-32-10-9-31-2)13-22(20)6-4-21-15-33-29(34-16-21)37-26-18-35-38(19-26)11-12-39/h3,5,7-8,13-16,18-19,31-32,39H,9-12,17H2,1-2H3,(H,36,40)(H,33,34,37). The molecule has 0 aliphatic rings. The number of nitrogens with zero attached hydrogens (tertiary/aromatic N) is 4. The molecular weight excluding hydrogens is 528 g/mol. The predicted molar refractivity (Wildman–Crippen MR) is 157 cm³/mol. The Kier molecular flexibility index (Phi) is 10.2. The Balaban J connectivity index is 1.39. The summed E-state index contributed by atoms with van der Waals surface area (Å²) in [7, 11) is 1.91. The zero-order chi connectivity index (χ0) is 28.3. The zero-order valence-electron chi connectivity index (χ0n) is 22.3. The molecule has 0 bridgehead atoms. The number of halogens is 1. The number of aryl methyl sites for hydroxylation is 1. The molecule has 11 heteroatoms. The Bertz CT molecular complexity index is 1510. The Morgan fingerprint density at radius 3 is 2.62 bits per heavy atom. The second-order valence-electron chi connectivity index (χ2n) is 8.96. The summed E-state index contributed by atoms with van der Waals surface area (Å²) < 4.78 is 1.62. The van der Waals surface area contributed by atoms with Crippen LogP contribution in [0.25, 0.3) is 0 Å². The fourth-order valence-electron chi connectivity index (χ4n) is 3.68. The number of benzene rings is 2. The molecule has 40 heavy (non-hydrogen) atoms. The fraction of sp³-hybridized carbons (Fsp3) is 0.241. The number of anilines is 3. The highest BCUT2D eigenvalue weighted by Crippen LogP contribution is 2.22. The van der Waals surface area contributed by atoms with Crippen molar-refractivity contribution in [1.82, 2.24) is 30.4 Å². The van der Waals surface area contributed by atoms with E-state index >= 15 is 0 Å². The number of aliphatic hydroxyl groups excluding tert-OH is 1. The maximum absolute atomic E-state index is 13.0. The van der Waals surface area contributed by atoms with Gasteiger partial charge < -0.3 is 26.4 Å². The van der Waals surface area contributed by atoms with Gasteiger partial charge in [0.25, 0.3) is 5.91 Å². The quantitative estimate of drug-likeness (QED) is 0.140. The van der Waals surface area contributed by atoms with Crippen LogP contribution in [0.2, 0.25) is 5.02 Å². The van der Waals surface area contributed by atoms with Crippen LogP contribution < -0.4 is 21.3 Å². The third-order valence-corrected chi connectivity index (χ3v) is 6.24. The highest BCUT2D eigenvalue weighted by atomic mass is 35.5. The first kappa shape index (κ1) is 28.7. The van der Waals surface area contributed by atoms with Gasteiger partial charge in [0.05, 0.1) is 30.6 Å². The van der Waals surface area contributed by atoms with E-state index in [1.807, 2.05) is 32.2 Å². The minimum atomic E-state index is -0.250. The topological polar surface area (TPSA) is 129 Å². The van der Waals surface area contributed by atoms with Gasteiger partial charge in [-0.2, -0.15) is 5.10 Å². The maximum Gasteiger partial charge on any atom is 0.255 e. The van der Waals surface area contributed by atoms with Crippen LogP contribution in [-0.4, -0.2) is 57.5 Å². The molecule has 0 saturated carbocycles. The van der Waals surface area contributed by atoms with E-state index in [9.17, 15) is 4.79 Å². The first-order valence-corrected chi connectivity index (χ1v) is 13.1. The largest absolute Gasteiger partial charge is 0.394 e. The molecule has 0 saturated heterocycles. The Labute approximate surface area is 238 Å². The smallest absolute Gasteiger partial charge is 0.255 e. The van der Waals surface area contributed by atoms with Crippen molar-refractivity contribution in [1.29, 1.82) is 0 Å². The average molecular weight is 559 g/mol. The van der Waals surface area contributed by atoms with Crippen LogP contribution in [0.5, 0.6) is 0 Å². The van der Waals surface area contributed by atoms with Gasteiger partial charge in [-0.15, -0.1) is 0 Å². The highest BCUT2D eigenvalue weighted by molar-refractivity contribution is 6.31. The van der Waals surface area contributed by atoms with Crippen LogP contribution in [0, 0.1) is 18.8 Å². The Morgan fingerprint density at radius 2 is 1.88 bits per heavy atom. The van der Waals surface area contributed by atoms with Crippen LogP contribution >= 0.6 is 11.6 Å². The van der Waals surface area contributed by atoms with Gasteiger partial charge in [-0.25, -0.2) is 9.97 Å². The number of rotatable bonds is 11. The van der Waals surface area contributed by atoms with Gasteiger partial charge >= 0.3 is 0 Å². The van der Waals surface area contributed by atoms with Gasteiger partial charge in [0.2, 0.25) is 5.95 Å². The lowest BCUT2D eigenvalue weighted by Gasteiger charge is -2.10. The van der Waals surface area contributed by atoms with Gasteiger partial charge in [-0.1, -0.05) is 35.6 Å². The van der Waals surface area contributed by atoms with E-state index in [1.165, 1.54) is 0 Å². The lowest BCUT2D eigenvalue weighted by Crippen LogP contribution is -2.24. The van der Waals surface area contributed by atoms with Crippen molar-refractivity contribution in [2.24, 2.45) is 0 Å². The second-order valence-corrected chi connectivity index (χ2v) is 9.36. The van der Waals surface area contributed by atoms with Crippen molar-refractivity contribution < 1.29 is 9.90 Å². The molecule has 0 spiro atoms. The third kappa shape index (κ3) is 8.11. The van der Waals surface area contributed by atoms with E-state index in [0.717, 1.165) is 29.8 Å². The van der Waals surface area contributed by atoms with Crippen LogP contribution in [0.1, 0.15) is 32.6 Å². The number of aromatic nitrogens is 4. The fourth-order valence-corrected chi connectivity index (χ4v) is 3.93. The third-order valence-electron chi connectivity index (χ3n) is 5.89. The minimum Gasteiger partial charge on any atom is -0.394 e. The first-order chi connectivity index (χ1) is 19.4. The van der Waals surface area contributed by atoms with Gasteiger partial charge in [-0.05, 0) is 49.4 Å². The first-order valence-electron chi connectivity index (χ1n) is 12.8. The van der Waals surface area contributed by atoms with Crippen LogP contribution in [0.15, 0.2) is 61.2 Å². The lowest BCUT2D eigenvalue weighted by atomic mass is 10.0. The van der Waals surface area contributed by atoms with Crippen molar-refractivity contribution in [3.8, 4) is 11.8 Å². The van der Waals surface area contributed by atoms with Crippen molar-refractivity contribution in [3.05, 3.63) is 94.0 Å². The monoisotopic (exact) mass is 558 g/mol. The number of likely N-dealkylation sites (N-methyl/N-ethyl adjacent to an activating group) is 1. The number of carbonyl (C=O) groups excluding carboxylic acids is 1. The van der Waals surface area contributed by atoms with Gasteiger partial charge in [-0.3, -0.25) is 9.48 Å². The highest BCUT2D eigenvalue weighted by Gasteiger charge is 2.10. The molecule has 4 rings (SSSR count). The molecule has 2 aromatic heterocycles. The average Bonchev–Trinajstić information content (AvgIpc) is 3.39. The summed E-state index contributed by atoms with van der Waals surface area (Å²) >= 11 is 6.43. The molecule has 0 fully saturated rings. The molecule has 0 radical (unpaired) electrons. The molecule has 0 unspecified atom stereocenters. The molecule has 0 atom stereocenters. The predicted octanol–water partition coefficient (Wildman–Crippen LogP) is 3.33. The molecule has 0 aliphatic heterocycles. The number of carbonyl (C=O) groups is 1. The summed E-state index contributed by atoms with van der Waals surface area (Å²) in [5, 5.41) is 26.1. The zero-order valence-corrected chi connectivity index (χ0v) is 23.1. The number of nitrogens with one attached hydrogen (secondary N) is 4. The molecule has 0 aliphatic carbocycles. The summed E-state index contributed by atoms with van der Waals surface area (Å²) in [4.78, 5) is 21.6. The molecular formula is C29H31ClN8O2. The molecule has 1 amide bonds. The number of aliphatic hydroxyl groups is 1. The van der Waals surface area contributed by atoms with Gasteiger partial charge in [0.15, 0.2) is 0 Å². The molecule has 2 aromatic carbocycles. The normalized spacial score (nSPS) is 10.6. The SMILES string of the molecule is CNCCNCc1ccc(NC(=O)c2ccc(C)c(C#Cc3cnc(Nc4cnn(CCO)c4)nc3)c2)cc1Cl. The number of hydrogen-bond donors (Lipinski definition) is 5. The van der Waals surface area contributed by atoms with Crippen molar-refractivity contribution in [3.63, 3.8) is 0 Å². The molecule has 4 aromatic rings. The number of hydrogen-bond acceptors (Lipinski definition) is 8. The van der Waals surface area contributed by atoms with Crippen LogP contribution in [0.3, 0.4) is 0 Å². The summed E-state index contributed by atoms with van der Waals surface area (Å²) in [6, 6.07) is 10.9. The summed E-state index contributed by atoms with van der Waals surface area (Å²) in [5.74, 6) is 6.34. The van der Waals surface area contributed by atoms with E-state index in [0.29, 0.717) is 46.6 Å². The van der Waals surface area contributed by atoms with E-state index in [-0.39, 0.29) is 12.5 Å². The molecule has 206 valence electrons. The van der Waals surface area contributed by atoms with Gasteiger partial charge in [0, 0.05) is 60.1 Å². The van der Waals surface area contributed by atoms with E-state index in [2.05, 4.69) is 48.2 Å².